The molecule has 6 heteroatoms. The number of fused-ring (bicyclic) bond motifs is 5. The predicted octanol–water partition coefficient (Wildman–Crippen LogP) is 4.44. The molecule has 2 aromatic heterocycles. The Morgan fingerprint density at radius 3 is 2.40 bits per heavy atom. The van der Waals surface area contributed by atoms with Crippen molar-refractivity contribution in [3.8, 4) is 0 Å². The van der Waals surface area contributed by atoms with Gasteiger partial charge in [0.1, 0.15) is 5.82 Å². The lowest BCUT2D eigenvalue weighted by Gasteiger charge is -2.17. The number of benzene rings is 2. The zero-order valence-electron chi connectivity index (χ0n) is 17.7. The average Bonchev–Trinajstić information content (AvgIpc) is 3.02. The van der Waals surface area contributed by atoms with Gasteiger partial charge in [0, 0.05) is 29.2 Å². The van der Waals surface area contributed by atoms with Crippen LogP contribution in [0.4, 0.5) is 5.69 Å². The van der Waals surface area contributed by atoms with Gasteiger partial charge in [-0.05, 0) is 19.1 Å². The highest BCUT2D eigenvalue weighted by Gasteiger charge is 2.21. The predicted molar refractivity (Wildman–Crippen MR) is 121 cm³/mol. The summed E-state index contributed by atoms with van der Waals surface area (Å²) in [5, 5.41) is 7.88. The summed E-state index contributed by atoms with van der Waals surface area (Å²) < 4.78 is 2.09. The maximum atomic E-state index is 12.8. The highest BCUT2D eigenvalue weighted by Crippen LogP contribution is 2.36. The van der Waals surface area contributed by atoms with Crippen LogP contribution in [0.5, 0.6) is 0 Å². The Kier molecular flexibility index (Phi) is 4.94. The van der Waals surface area contributed by atoms with E-state index in [2.05, 4.69) is 15.0 Å². The van der Waals surface area contributed by atoms with E-state index >= 15 is 0 Å². The number of carbonyl (C=O) groups excluding carboxylic acids is 2. The van der Waals surface area contributed by atoms with Crippen molar-refractivity contribution in [1.82, 2.24) is 14.7 Å². The first kappa shape index (κ1) is 19.9. The molecule has 154 valence electrons. The molecule has 4 aromatic rings. The molecule has 2 amide bonds. The molecule has 0 atom stereocenters. The summed E-state index contributed by atoms with van der Waals surface area (Å²) in [7, 11) is 0. The first-order valence-electron chi connectivity index (χ1n) is 10.1. The highest BCUT2D eigenvalue weighted by atomic mass is 16.2. The van der Waals surface area contributed by atoms with Crippen molar-refractivity contribution in [1.29, 1.82) is 0 Å². The van der Waals surface area contributed by atoms with Crippen LogP contribution >= 0.6 is 0 Å². The van der Waals surface area contributed by atoms with Crippen molar-refractivity contribution < 1.29 is 9.59 Å². The van der Waals surface area contributed by atoms with Crippen LogP contribution in [0, 0.1) is 12.3 Å². The summed E-state index contributed by atoms with van der Waals surface area (Å²) in [5.41, 5.74) is 3.12. The summed E-state index contributed by atoms with van der Waals surface area (Å²) in [4.78, 5) is 29.5. The minimum atomic E-state index is -0.478. The van der Waals surface area contributed by atoms with Crippen molar-refractivity contribution >= 4 is 44.8 Å². The van der Waals surface area contributed by atoms with E-state index in [1.165, 1.54) is 0 Å². The van der Waals surface area contributed by atoms with E-state index in [4.69, 9.17) is 4.98 Å². The van der Waals surface area contributed by atoms with E-state index < -0.39 is 5.41 Å². The number of amides is 2. The highest BCUT2D eigenvalue weighted by molar-refractivity contribution is 6.16. The van der Waals surface area contributed by atoms with Crippen LogP contribution in [-0.4, -0.2) is 27.7 Å². The molecule has 2 aromatic carbocycles. The Balaban J connectivity index is 1.73. The molecular formula is C24H26N4O2. The molecule has 0 saturated carbocycles. The van der Waals surface area contributed by atoms with E-state index in [0.29, 0.717) is 6.54 Å². The summed E-state index contributed by atoms with van der Waals surface area (Å²) in [5.74, 6) is 0.654. The Labute approximate surface area is 175 Å². The Hall–Kier alpha value is -3.41. The fraction of sp³-hybridized carbons (Fsp3) is 0.292. The number of anilines is 1. The van der Waals surface area contributed by atoms with Gasteiger partial charge in [0.2, 0.25) is 11.8 Å². The number of nitrogens with one attached hydrogen (secondary N) is 2. The van der Waals surface area contributed by atoms with Crippen LogP contribution < -0.4 is 10.6 Å². The number of rotatable bonds is 4. The van der Waals surface area contributed by atoms with Gasteiger partial charge in [0.15, 0.2) is 0 Å². The minimum Gasteiger partial charge on any atom is -0.355 e. The molecule has 2 N–H and O–H groups in total. The lowest BCUT2D eigenvalue weighted by atomic mass is 9.96. The molecule has 0 aliphatic heterocycles. The zero-order valence-corrected chi connectivity index (χ0v) is 17.7. The number of nitrogens with zero attached hydrogens (tertiary/aromatic N) is 2. The van der Waals surface area contributed by atoms with Crippen LogP contribution in [0.1, 0.15) is 33.0 Å². The molecule has 0 radical (unpaired) electrons. The summed E-state index contributed by atoms with van der Waals surface area (Å²) in [6.45, 7) is 7.82. The molecule has 4 rings (SSSR count). The minimum absolute atomic E-state index is 0.0669. The molecule has 0 spiro atoms. The normalized spacial score (nSPS) is 11.9. The van der Waals surface area contributed by atoms with E-state index in [1.54, 1.807) is 0 Å². The maximum absolute atomic E-state index is 12.8. The van der Waals surface area contributed by atoms with Gasteiger partial charge in [-0.3, -0.25) is 14.0 Å². The van der Waals surface area contributed by atoms with E-state index in [9.17, 15) is 9.59 Å². The van der Waals surface area contributed by atoms with Gasteiger partial charge in [-0.25, -0.2) is 4.98 Å². The molecule has 30 heavy (non-hydrogen) atoms. The number of hydrogen-bond donors (Lipinski definition) is 2. The van der Waals surface area contributed by atoms with Gasteiger partial charge in [-0.1, -0.05) is 57.2 Å². The largest absolute Gasteiger partial charge is 0.355 e. The van der Waals surface area contributed by atoms with Gasteiger partial charge in [0.25, 0.3) is 0 Å². The molecule has 0 bridgehead atoms. The Morgan fingerprint density at radius 1 is 1.00 bits per heavy atom. The molecule has 0 fully saturated rings. The fourth-order valence-electron chi connectivity index (χ4n) is 3.71. The van der Waals surface area contributed by atoms with Crippen LogP contribution in [0.2, 0.25) is 0 Å². The summed E-state index contributed by atoms with van der Waals surface area (Å²) >= 11 is 0. The quantitative estimate of drug-likeness (QED) is 0.530. The fourth-order valence-corrected chi connectivity index (χ4v) is 3.71. The second kappa shape index (κ2) is 7.44. The zero-order chi connectivity index (χ0) is 21.5. The second-order valence-corrected chi connectivity index (χ2v) is 8.56. The smallest absolute Gasteiger partial charge is 0.226 e. The van der Waals surface area contributed by atoms with E-state index in [1.807, 2.05) is 76.2 Å². The lowest BCUT2D eigenvalue weighted by Crippen LogP contribution is -2.36. The van der Waals surface area contributed by atoms with Crippen molar-refractivity contribution in [2.75, 3.05) is 11.9 Å². The van der Waals surface area contributed by atoms with E-state index in [0.717, 1.165) is 38.8 Å². The SMILES string of the molecule is Cc1nc2ccccc2c2c(NC(=O)CCNC(=O)C(C)(C)C)c3ccccc3n12. The monoisotopic (exact) mass is 402 g/mol. The van der Waals surface area contributed by atoms with Crippen molar-refractivity contribution in [3.05, 3.63) is 54.4 Å². The lowest BCUT2D eigenvalue weighted by molar-refractivity contribution is -0.128. The first-order chi connectivity index (χ1) is 14.3. The standard InChI is InChI=1S/C24H26N4O2/c1-15-26-18-11-7-5-9-16(18)22-21(17-10-6-8-12-19(17)28(15)22)27-20(29)13-14-25-23(30)24(2,3)4/h5-12H,13-14H2,1-4H3,(H,25,30)(H,27,29). The molecule has 0 saturated heterocycles. The van der Waals surface area contributed by atoms with Crippen molar-refractivity contribution in [2.24, 2.45) is 5.41 Å². The molecule has 0 unspecified atom stereocenters. The van der Waals surface area contributed by atoms with Gasteiger partial charge < -0.3 is 10.6 Å². The van der Waals surface area contributed by atoms with Crippen LogP contribution in [0.25, 0.3) is 27.3 Å². The van der Waals surface area contributed by atoms with Gasteiger partial charge in [-0.15, -0.1) is 0 Å². The number of aryl methyl sites for hydroxylation is 1. The van der Waals surface area contributed by atoms with E-state index in [-0.39, 0.29) is 18.2 Å². The van der Waals surface area contributed by atoms with Crippen molar-refractivity contribution in [3.63, 3.8) is 0 Å². The number of para-hydroxylation sites is 2. The van der Waals surface area contributed by atoms with Crippen LogP contribution in [0.15, 0.2) is 48.5 Å². The maximum Gasteiger partial charge on any atom is 0.226 e. The third-order valence-electron chi connectivity index (χ3n) is 5.22. The Morgan fingerprint density at radius 2 is 1.67 bits per heavy atom. The van der Waals surface area contributed by atoms with Gasteiger partial charge >= 0.3 is 0 Å². The van der Waals surface area contributed by atoms with Crippen LogP contribution in [-0.2, 0) is 9.59 Å². The number of carbonyl (C=O) groups is 2. The molecule has 6 nitrogen and oxygen atoms in total. The number of hydrogen-bond acceptors (Lipinski definition) is 3. The number of aromatic nitrogens is 2. The molecule has 2 heterocycles. The summed E-state index contributed by atoms with van der Waals surface area (Å²) in [6.07, 6.45) is 0.204. The molecule has 0 aliphatic rings. The molecule has 0 aliphatic carbocycles. The van der Waals surface area contributed by atoms with Gasteiger partial charge in [0.05, 0.1) is 22.2 Å². The second-order valence-electron chi connectivity index (χ2n) is 8.56. The first-order valence-corrected chi connectivity index (χ1v) is 10.1. The summed E-state index contributed by atoms with van der Waals surface area (Å²) in [6, 6.07) is 15.9. The third kappa shape index (κ3) is 3.49. The molecular weight excluding hydrogens is 376 g/mol. The van der Waals surface area contributed by atoms with Gasteiger partial charge in [-0.2, -0.15) is 0 Å². The van der Waals surface area contributed by atoms with Crippen LogP contribution in [0.3, 0.4) is 0 Å². The Bertz CT molecular complexity index is 1280. The third-order valence-corrected chi connectivity index (χ3v) is 5.22. The van der Waals surface area contributed by atoms with Crippen molar-refractivity contribution in [2.45, 2.75) is 34.1 Å². The topological polar surface area (TPSA) is 75.5 Å². The average molecular weight is 402 g/mol.